The van der Waals surface area contributed by atoms with E-state index >= 15 is 0 Å². The van der Waals surface area contributed by atoms with Crippen LogP contribution in [0.25, 0.3) is 0 Å². The third-order valence-corrected chi connectivity index (χ3v) is 3.60. The first-order valence-corrected chi connectivity index (χ1v) is 6.07. The normalized spacial score (nSPS) is 31.8. The Hall–Kier alpha value is -1.39. The SMILES string of the molecule is CC/C(C)=N/OC(=O)C12CCCC1C(C)=NO2. The zero-order valence-corrected chi connectivity index (χ0v) is 10.5. The fourth-order valence-corrected chi connectivity index (χ4v) is 2.39. The summed E-state index contributed by atoms with van der Waals surface area (Å²) < 4.78 is 0. The first kappa shape index (κ1) is 12.1. The van der Waals surface area contributed by atoms with Gasteiger partial charge in [-0.2, -0.15) is 0 Å². The summed E-state index contributed by atoms with van der Waals surface area (Å²) in [5.41, 5.74) is 0.775. The minimum atomic E-state index is -0.901. The van der Waals surface area contributed by atoms with Crippen LogP contribution >= 0.6 is 0 Å². The third kappa shape index (κ3) is 1.94. The van der Waals surface area contributed by atoms with Gasteiger partial charge in [-0.1, -0.05) is 17.2 Å². The molecular weight excluding hydrogens is 220 g/mol. The van der Waals surface area contributed by atoms with Crippen molar-refractivity contribution < 1.29 is 14.5 Å². The second-order valence-corrected chi connectivity index (χ2v) is 4.72. The molecule has 0 spiro atoms. The molecule has 5 nitrogen and oxygen atoms in total. The van der Waals surface area contributed by atoms with Gasteiger partial charge in [-0.3, -0.25) is 0 Å². The van der Waals surface area contributed by atoms with Crippen molar-refractivity contribution in [1.82, 2.24) is 0 Å². The Morgan fingerprint density at radius 3 is 3.18 bits per heavy atom. The van der Waals surface area contributed by atoms with Crippen LogP contribution in [0.5, 0.6) is 0 Å². The highest BCUT2D eigenvalue weighted by molar-refractivity contribution is 5.95. The number of nitrogens with zero attached hydrogens (tertiary/aromatic N) is 2. The maximum absolute atomic E-state index is 12.1. The average molecular weight is 238 g/mol. The van der Waals surface area contributed by atoms with Crippen molar-refractivity contribution >= 4 is 17.4 Å². The van der Waals surface area contributed by atoms with E-state index < -0.39 is 11.6 Å². The van der Waals surface area contributed by atoms with Crippen LogP contribution in [0.4, 0.5) is 0 Å². The maximum Gasteiger partial charge on any atom is 0.381 e. The molecule has 1 fully saturated rings. The van der Waals surface area contributed by atoms with Gasteiger partial charge in [0.2, 0.25) is 5.60 Å². The first-order valence-electron chi connectivity index (χ1n) is 6.07. The minimum absolute atomic E-state index is 0.0622. The van der Waals surface area contributed by atoms with E-state index in [1.54, 1.807) is 0 Å². The molecule has 2 unspecified atom stereocenters. The standard InChI is InChI=1S/C12H18N2O3/c1-4-8(2)13-16-11(15)12-7-5-6-10(12)9(3)14-17-12/h10H,4-7H2,1-3H3/b13-8+. The molecule has 0 saturated heterocycles. The summed E-state index contributed by atoms with van der Waals surface area (Å²) in [5, 5.41) is 7.73. The molecule has 0 bridgehead atoms. The molecule has 0 N–H and O–H groups in total. The van der Waals surface area contributed by atoms with Gasteiger partial charge in [-0.05, 0) is 33.1 Å². The predicted molar refractivity (Wildman–Crippen MR) is 63.8 cm³/mol. The van der Waals surface area contributed by atoms with Crippen LogP contribution in [0.3, 0.4) is 0 Å². The van der Waals surface area contributed by atoms with Crippen molar-refractivity contribution in [3.8, 4) is 0 Å². The van der Waals surface area contributed by atoms with Gasteiger partial charge in [-0.15, -0.1) is 0 Å². The number of fused-ring (bicyclic) bond motifs is 1. The summed E-state index contributed by atoms with van der Waals surface area (Å²) in [5.74, 6) is -0.347. The second-order valence-electron chi connectivity index (χ2n) is 4.72. The molecule has 2 rings (SSSR count). The van der Waals surface area contributed by atoms with Crippen LogP contribution in [-0.2, 0) is 14.5 Å². The van der Waals surface area contributed by atoms with Crippen LogP contribution in [0.1, 0.15) is 46.5 Å². The second kappa shape index (κ2) is 4.47. The van der Waals surface area contributed by atoms with E-state index in [1.807, 2.05) is 20.8 Å². The topological polar surface area (TPSA) is 60.2 Å². The summed E-state index contributed by atoms with van der Waals surface area (Å²) in [4.78, 5) is 22.4. The predicted octanol–water partition coefficient (Wildman–Crippen LogP) is 2.26. The Bertz CT molecular complexity index is 389. The summed E-state index contributed by atoms with van der Waals surface area (Å²) in [6, 6.07) is 0. The van der Waals surface area contributed by atoms with Gasteiger partial charge >= 0.3 is 5.97 Å². The van der Waals surface area contributed by atoms with Crippen molar-refractivity contribution in [2.24, 2.45) is 16.2 Å². The van der Waals surface area contributed by atoms with Gasteiger partial charge < -0.3 is 9.68 Å². The molecule has 0 aromatic carbocycles. The van der Waals surface area contributed by atoms with E-state index in [4.69, 9.17) is 9.68 Å². The molecule has 0 amide bonds. The lowest BCUT2D eigenvalue weighted by Crippen LogP contribution is -2.43. The molecule has 5 heteroatoms. The monoisotopic (exact) mass is 238 g/mol. The highest BCUT2D eigenvalue weighted by atomic mass is 16.7. The Balaban J connectivity index is 2.09. The molecule has 2 atom stereocenters. The third-order valence-electron chi connectivity index (χ3n) is 3.60. The van der Waals surface area contributed by atoms with Gasteiger partial charge in [0.15, 0.2) is 0 Å². The maximum atomic E-state index is 12.1. The van der Waals surface area contributed by atoms with Crippen molar-refractivity contribution in [1.29, 1.82) is 0 Å². The highest BCUT2D eigenvalue weighted by Crippen LogP contribution is 2.44. The van der Waals surface area contributed by atoms with Crippen LogP contribution in [0.2, 0.25) is 0 Å². The van der Waals surface area contributed by atoms with Crippen molar-refractivity contribution in [3.63, 3.8) is 0 Å². The molecule has 17 heavy (non-hydrogen) atoms. The molecule has 1 saturated carbocycles. The Kier molecular flexibility index (Phi) is 3.17. The zero-order valence-electron chi connectivity index (χ0n) is 10.5. The fourth-order valence-electron chi connectivity index (χ4n) is 2.39. The van der Waals surface area contributed by atoms with E-state index in [2.05, 4.69) is 10.3 Å². The molecular formula is C12H18N2O3. The van der Waals surface area contributed by atoms with E-state index in [-0.39, 0.29) is 5.92 Å². The Morgan fingerprint density at radius 1 is 1.71 bits per heavy atom. The molecule has 1 aliphatic heterocycles. The highest BCUT2D eigenvalue weighted by Gasteiger charge is 2.58. The van der Waals surface area contributed by atoms with E-state index in [0.717, 1.165) is 30.7 Å². The molecule has 94 valence electrons. The Labute approximate surface area is 101 Å². The fraction of sp³-hybridized carbons (Fsp3) is 0.750. The quantitative estimate of drug-likeness (QED) is 0.430. The van der Waals surface area contributed by atoms with E-state index in [9.17, 15) is 4.79 Å². The molecule has 0 aromatic heterocycles. The summed E-state index contributed by atoms with van der Waals surface area (Å²) in [7, 11) is 0. The summed E-state index contributed by atoms with van der Waals surface area (Å²) in [6.07, 6.45) is 3.32. The van der Waals surface area contributed by atoms with Crippen molar-refractivity contribution in [3.05, 3.63) is 0 Å². The van der Waals surface area contributed by atoms with E-state index in [1.165, 1.54) is 0 Å². The summed E-state index contributed by atoms with van der Waals surface area (Å²) in [6.45, 7) is 5.68. The number of hydrogen-bond acceptors (Lipinski definition) is 5. The van der Waals surface area contributed by atoms with Crippen LogP contribution < -0.4 is 0 Å². The molecule has 0 radical (unpaired) electrons. The lowest BCUT2D eigenvalue weighted by atomic mass is 9.88. The number of oxime groups is 2. The summed E-state index contributed by atoms with van der Waals surface area (Å²) >= 11 is 0. The van der Waals surface area contributed by atoms with Crippen molar-refractivity contribution in [2.75, 3.05) is 0 Å². The Morgan fingerprint density at radius 2 is 2.47 bits per heavy atom. The smallest absolute Gasteiger partial charge is 0.376 e. The average Bonchev–Trinajstić information content (AvgIpc) is 2.88. The molecule has 1 aliphatic carbocycles. The van der Waals surface area contributed by atoms with Gasteiger partial charge in [0.1, 0.15) is 0 Å². The number of rotatable bonds is 3. The molecule has 2 aliphatic rings. The largest absolute Gasteiger partial charge is 0.381 e. The lowest BCUT2D eigenvalue weighted by molar-refractivity contribution is -0.172. The van der Waals surface area contributed by atoms with Crippen molar-refractivity contribution in [2.45, 2.75) is 52.1 Å². The van der Waals surface area contributed by atoms with Gasteiger partial charge in [0.05, 0.1) is 17.3 Å². The van der Waals surface area contributed by atoms with Gasteiger partial charge in [-0.25, -0.2) is 4.79 Å². The molecule has 1 heterocycles. The first-order chi connectivity index (χ1) is 8.10. The number of carbonyl (C=O) groups excluding carboxylic acids is 1. The number of carbonyl (C=O) groups is 1. The van der Waals surface area contributed by atoms with Crippen LogP contribution in [-0.4, -0.2) is 23.0 Å². The number of hydrogen-bond donors (Lipinski definition) is 0. The molecule has 0 aromatic rings. The van der Waals surface area contributed by atoms with Gasteiger partial charge in [0, 0.05) is 6.42 Å². The van der Waals surface area contributed by atoms with E-state index in [0.29, 0.717) is 6.42 Å². The lowest BCUT2D eigenvalue weighted by Gasteiger charge is -2.22. The van der Waals surface area contributed by atoms with Crippen LogP contribution in [0, 0.1) is 5.92 Å². The van der Waals surface area contributed by atoms with Crippen LogP contribution in [0.15, 0.2) is 10.3 Å². The van der Waals surface area contributed by atoms with Gasteiger partial charge in [0.25, 0.3) is 0 Å². The minimum Gasteiger partial charge on any atom is -0.376 e. The zero-order chi connectivity index (χ0) is 12.5.